The van der Waals surface area contributed by atoms with Gasteiger partial charge in [-0.1, -0.05) is 0 Å². The molecule has 0 bridgehead atoms. The molecule has 7 heteroatoms. The normalized spacial score (nSPS) is 99.7. The number of rotatable bonds is 2. The molecule has 4 unspecified atom stereocenters. The largest absolute Gasteiger partial charge is 0.673 e. The second-order valence-electron chi connectivity index (χ2n) is 12.8. The third-order valence-corrected chi connectivity index (χ3v) is 58.6. The maximum atomic E-state index is 9.75. The third-order valence-electron chi connectivity index (χ3n) is 15.7. The molecular formula is C14H20BF4FeN. The fraction of sp³-hybridized carbons (Fsp3) is 1.00. The molecule has 0 saturated carbocycles. The van der Waals surface area contributed by atoms with Crippen LogP contribution in [0.15, 0.2) is 0 Å². The topological polar surface area (TPSA) is 0 Å². The summed E-state index contributed by atoms with van der Waals surface area (Å²) in [6, 6.07) is 0. The minimum Gasteiger partial charge on any atom is -0.418 e. The Balaban J connectivity index is 0.000000152. The molecule has 10 rings (SSSR count). The Bertz CT molecular complexity index is 955. The van der Waals surface area contributed by atoms with Crippen molar-refractivity contribution in [3.05, 3.63) is 0 Å². The van der Waals surface area contributed by atoms with Crippen molar-refractivity contribution in [2.75, 3.05) is 27.7 Å². The minimum atomic E-state index is -6.00. The number of nitrogens with zero attached hydrogens (tertiary/aromatic N) is 1. The average molecular weight is 345 g/mol. The van der Waals surface area contributed by atoms with E-state index in [1.54, 1.807) is 6.54 Å². The van der Waals surface area contributed by atoms with E-state index in [1.807, 2.05) is 0 Å². The number of fused-ring (bicyclic) bond motifs is 10. The van der Waals surface area contributed by atoms with Crippen LogP contribution in [0.1, 0.15) is 0 Å². The predicted octanol–water partition coefficient (Wildman–Crippen LogP) is 4.75. The Labute approximate surface area is 111 Å². The maximum absolute atomic E-state index is 9.75. The number of hydrogen-bond acceptors (Lipinski definition) is 0. The quantitative estimate of drug-likeness (QED) is 0.385. The van der Waals surface area contributed by atoms with E-state index in [-0.39, 0.29) is 0 Å². The van der Waals surface area contributed by atoms with Crippen LogP contribution < -0.4 is 0 Å². The van der Waals surface area contributed by atoms with Crippen LogP contribution in [0.2, 0.25) is 47.7 Å². The molecule has 0 aromatic rings. The van der Waals surface area contributed by atoms with Gasteiger partial charge in [-0.2, -0.15) is 0 Å². The second-order valence-corrected chi connectivity index (χ2v) is 36.5. The molecular weight excluding hydrogens is 325 g/mol. The molecule has 0 amide bonds. The van der Waals surface area contributed by atoms with Gasteiger partial charge in [-0.25, -0.2) is 0 Å². The van der Waals surface area contributed by atoms with Gasteiger partial charge in [-0.3, -0.25) is 0 Å². The van der Waals surface area contributed by atoms with E-state index in [9.17, 15) is 17.3 Å². The van der Waals surface area contributed by atoms with Gasteiger partial charge >= 0.3 is 93.6 Å². The van der Waals surface area contributed by atoms with Crippen molar-refractivity contribution in [3.63, 3.8) is 0 Å². The van der Waals surface area contributed by atoms with Gasteiger partial charge in [0.15, 0.2) is 0 Å². The summed E-state index contributed by atoms with van der Waals surface area (Å²) in [6.07, 6.45) is 0. The van der Waals surface area contributed by atoms with E-state index in [4.69, 9.17) is 0 Å². The molecule has 10 heterocycles. The van der Waals surface area contributed by atoms with Crippen molar-refractivity contribution < 1.29 is 28.3 Å². The summed E-state index contributed by atoms with van der Waals surface area (Å²) in [5, 5.41) is 0. The summed E-state index contributed by atoms with van der Waals surface area (Å²) >= 11 is 0. The monoisotopic (exact) mass is 345 g/mol. The van der Waals surface area contributed by atoms with Crippen LogP contribution in [0, 0.1) is 0 Å². The standard InChI is InChI=1S/C9H15N.C5H5.BF4.Fe/c1-10(2,3)8-9-6-4-5-7-9;1-2-4-5-3-1;2-1(3,4)5;/h4-7H,8H2,1-3H3;1-5H;;/q+1;;-1;. The summed E-state index contributed by atoms with van der Waals surface area (Å²) in [5.74, 6) is 0. The molecule has 0 radical (unpaired) electrons. The molecule has 0 N–H and O–H groups in total. The van der Waals surface area contributed by atoms with Gasteiger partial charge in [-0.15, -0.1) is 0 Å². The molecule has 10 fully saturated rings. The van der Waals surface area contributed by atoms with Gasteiger partial charge < -0.3 is 17.3 Å². The van der Waals surface area contributed by atoms with Crippen LogP contribution >= 0.6 is 0 Å². The Kier molecular flexibility index (Phi) is 0.438. The first-order valence-corrected chi connectivity index (χ1v) is 14.4. The van der Waals surface area contributed by atoms with Crippen molar-refractivity contribution >= 4 is 7.25 Å². The fourth-order valence-electron chi connectivity index (χ4n) is 17.8. The van der Waals surface area contributed by atoms with E-state index in [1.165, 1.54) is 47.8 Å². The van der Waals surface area contributed by atoms with Gasteiger partial charge in [0.2, 0.25) is 0 Å². The van der Waals surface area contributed by atoms with Crippen molar-refractivity contribution in [1.29, 1.82) is 0 Å². The molecule has 21 heavy (non-hydrogen) atoms. The zero-order valence-electron chi connectivity index (χ0n) is 12.3. The van der Waals surface area contributed by atoms with E-state index < -0.39 is 13.8 Å². The van der Waals surface area contributed by atoms with Gasteiger partial charge in [0.25, 0.3) is 0 Å². The summed E-state index contributed by atoms with van der Waals surface area (Å²) in [4.78, 5) is 13.7. The zero-order chi connectivity index (χ0) is 14.7. The van der Waals surface area contributed by atoms with E-state index in [0.717, 1.165) is 4.31 Å². The molecule has 120 valence electrons. The van der Waals surface area contributed by atoms with Crippen LogP contribution in [0.5, 0.6) is 0 Å². The minimum absolute atomic E-state index is 1.15. The van der Waals surface area contributed by atoms with E-state index in [2.05, 4.69) is 21.1 Å². The van der Waals surface area contributed by atoms with Crippen LogP contribution in [-0.2, 0) is 6.51 Å². The fourth-order valence-corrected chi connectivity index (χ4v) is 92.8. The number of halogens is 4. The first-order valence-electron chi connectivity index (χ1n) is 8.14. The molecule has 10 saturated heterocycles. The van der Waals surface area contributed by atoms with Gasteiger partial charge in [-0.05, 0) is 0 Å². The Hall–Kier alpha value is 0.264. The second kappa shape index (κ2) is 0.903. The van der Waals surface area contributed by atoms with Crippen molar-refractivity contribution in [2.45, 2.75) is 47.7 Å². The van der Waals surface area contributed by atoms with Gasteiger partial charge in [0, 0.05) is 0 Å². The van der Waals surface area contributed by atoms with E-state index in [0.29, 0.717) is 0 Å². The maximum Gasteiger partial charge on any atom is 0.673 e. The molecule has 1 spiro atoms. The summed E-state index contributed by atoms with van der Waals surface area (Å²) in [5.41, 5.74) is 0. The Morgan fingerprint density at radius 1 is 0.810 bits per heavy atom. The molecule has 10 aliphatic heterocycles. The van der Waals surface area contributed by atoms with Crippen molar-refractivity contribution in [1.82, 2.24) is 0 Å². The summed E-state index contributed by atoms with van der Waals surface area (Å²) in [7, 11) is 1.44. The van der Waals surface area contributed by atoms with Gasteiger partial charge in [0.05, 0.1) is 0 Å². The van der Waals surface area contributed by atoms with Crippen molar-refractivity contribution in [3.8, 4) is 0 Å². The summed E-state index contributed by atoms with van der Waals surface area (Å²) < 4.78 is 41.4. The first-order chi connectivity index (χ1) is 9.25. The van der Waals surface area contributed by atoms with Crippen LogP contribution in [0.3, 0.4) is 0 Å². The summed E-state index contributed by atoms with van der Waals surface area (Å²) in [6.45, 7) is -1.04. The van der Waals surface area contributed by atoms with E-state index >= 15 is 0 Å². The molecule has 4 atom stereocenters. The molecule has 10 aliphatic rings. The number of hydrogen-bond donors (Lipinski definition) is 0. The molecule has 1 nitrogen and oxygen atoms in total. The zero-order valence-corrected chi connectivity index (χ0v) is 13.4. The van der Waals surface area contributed by atoms with Crippen LogP contribution in [-0.4, -0.2) is 39.4 Å². The van der Waals surface area contributed by atoms with Crippen molar-refractivity contribution in [2.24, 2.45) is 0 Å². The molecule has 0 aliphatic carbocycles. The average Bonchev–Trinajstić information content (AvgIpc) is 3.19. The van der Waals surface area contributed by atoms with Crippen LogP contribution in [0.25, 0.3) is 0 Å². The molecule has 0 aromatic heterocycles. The first kappa shape index (κ1) is 10.2. The SMILES string of the molecule is C[N+](C)(C)C[C]12[CH]3[CH]4[CH]5[CH]1[Fe]45321678[CH]2[CH]1[CH]6[CH]7[CH]28.F[B-](F)(F)F. The number of quaternary nitrogens is 1. The Morgan fingerprint density at radius 3 is 1.29 bits per heavy atom. The third kappa shape index (κ3) is 0.141. The smallest absolute Gasteiger partial charge is 0.418 e. The predicted molar refractivity (Wildman–Crippen MR) is 69.5 cm³/mol. The van der Waals surface area contributed by atoms with Crippen LogP contribution in [0.4, 0.5) is 17.3 Å². The Morgan fingerprint density at radius 2 is 1.14 bits per heavy atom. The molecule has 0 aromatic carbocycles. The van der Waals surface area contributed by atoms with Gasteiger partial charge in [0.1, 0.15) is 0 Å².